The smallest absolute Gasteiger partial charge is 0.315 e. The SMILES string of the molecule is COc1ccc(C(=O)NCC(C)(C(=O)O)c2ccccc2)c(OC)c1. The average molecular weight is 343 g/mol. The van der Waals surface area contributed by atoms with Crippen LogP contribution in [0.15, 0.2) is 48.5 Å². The van der Waals surface area contributed by atoms with Gasteiger partial charge in [-0.1, -0.05) is 30.3 Å². The second-order valence-electron chi connectivity index (χ2n) is 5.75. The van der Waals surface area contributed by atoms with Crippen molar-refractivity contribution in [1.29, 1.82) is 0 Å². The van der Waals surface area contributed by atoms with E-state index in [1.807, 2.05) is 6.07 Å². The van der Waals surface area contributed by atoms with E-state index in [1.54, 1.807) is 49.4 Å². The Labute approximate surface area is 146 Å². The second-order valence-corrected chi connectivity index (χ2v) is 5.75. The molecule has 2 aromatic carbocycles. The summed E-state index contributed by atoms with van der Waals surface area (Å²) in [6, 6.07) is 13.6. The molecule has 0 bridgehead atoms. The molecule has 6 heteroatoms. The topological polar surface area (TPSA) is 84.9 Å². The maximum Gasteiger partial charge on any atom is 0.315 e. The number of benzene rings is 2. The van der Waals surface area contributed by atoms with Gasteiger partial charge in [0.05, 0.1) is 19.8 Å². The first-order chi connectivity index (χ1) is 11.9. The second kappa shape index (κ2) is 7.70. The van der Waals surface area contributed by atoms with Gasteiger partial charge in [-0.25, -0.2) is 0 Å². The minimum Gasteiger partial charge on any atom is -0.497 e. The van der Waals surface area contributed by atoms with E-state index in [9.17, 15) is 14.7 Å². The quantitative estimate of drug-likeness (QED) is 0.807. The van der Waals surface area contributed by atoms with Crippen molar-refractivity contribution in [1.82, 2.24) is 5.32 Å². The molecule has 0 spiro atoms. The van der Waals surface area contributed by atoms with E-state index in [-0.39, 0.29) is 6.54 Å². The molecule has 0 radical (unpaired) electrons. The Morgan fingerprint density at radius 3 is 2.32 bits per heavy atom. The summed E-state index contributed by atoms with van der Waals surface area (Å²) >= 11 is 0. The maximum atomic E-state index is 12.5. The number of nitrogens with one attached hydrogen (secondary N) is 1. The summed E-state index contributed by atoms with van der Waals surface area (Å²) in [4.78, 5) is 24.3. The average Bonchev–Trinajstić information content (AvgIpc) is 2.65. The predicted octanol–water partition coefficient (Wildman–Crippen LogP) is 2.48. The molecule has 1 amide bonds. The fourth-order valence-electron chi connectivity index (χ4n) is 2.45. The molecule has 132 valence electrons. The number of rotatable bonds is 7. The molecule has 0 fully saturated rings. The van der Waals surface area contributed by atoms with Crippen molar-refractivity contribution in [3.63, 3.8) is 0 Å². The minimum absolute atomic E-state index is 0.0552. The number of carboxylic acid groups (broad SMARTS) is 1. The Morgan fingerprint density at radius 1 is 1.08 bits per heavy atom. The summed E-state index contributed by atoms with van der Waals surface area (Å²) in [6.45, 7) is 1.52. The van der Waals surface area contributed by atoms with Crippen LogP contribution in [-0.4, -0.2) is 37.7 Å². The number of methoxy groups -OCH3 is 2. The first kappa shape index (κ1) is 18.3. The first-order valence-electron chi connectivity index (χ1n) is 7.71. The van der Waals surface area contributed by atoms with Crippen LogP contribution in [0.5, 0.6) is 11.5 Å². The zero-order chi connectivity index (χ0) is 18.4. The lowest BCUT2D eigenvalue weighted by molar-refractivity contribution is -0.142. The van der Waals surface area contributed by atoms with Gasteiger partial charge in [-0.05, 0) is 24.6 Å². The summed E-state index contributed by atoms with van der Waals surface area (Å²) in [5, 5.41) is 12.3. The number of carbonyl (C=O) groups is 2. The van der Waals surface area contributed by atoms with Gasteiger partial charge < -0.3 is 19.9 Å². The molecular weight excluding hydrogens is 322 g/mol. The number of aliphatic carboxylic acids is 1. The van der Waals surface area contributed by atoms with Gasteiger partial charge in [0.2, 0.25) is 0 Å². The summed E-state index contributed by atoms with van der Waals surface area (Å²) in [7, 11) is 2.98. The van der Waals surface area contributed by atoms with Crippen LogP contribution < -0.4 is 14.8 Å². The lowest BCUT2D eigenvalue weighted by atomic mass is 9.82. The molecule has 0 aliphatic carbocycles. The Hall–Kier alpha value is -3.02. The van der Waals surface area contributed by atoms with Crippen molar-refractivity contribution >= 4 is 11.9 Å². The third-order valence-corrected chi connectivity index (χ3v) is 4.14. The summed E-state index contributed by atoms with van der Waals surface area (Å²) < 4.78 is 10.3. The molecule has 0 heterocycles. The number of carboxylic acids is 1. The highest BCUT2D eigenvalue weighted by Gasteiger charge is 2.35. The molecule has 25 heavy (non-hydrogen) atoms. The predicted molar refractivity (Wildman–Crippen MR) is 93.3 cm³/mol. The molecule has 0 saturated carbocycles. The van der Waals surface area contributed by atoms with Crippen molar-refractivity contribution in [2.75, 3.05) is 20.8 Å². The van der Waals surface area contributed by atoms with Gasteiger partial charge in [0, 0.05) is 12.6 Å². The highest BCUT2D eigenvalue weighted by Crippen LogP contribution is 2.26. The van der Waals surface area contributed by atoms with Crippen LogP contribution in [0.3, 0.4) is 0 Å². The molecule has 2 aromatic rings. The Balaban J connectivity index is 2.21. The van der Waals surface area contributed by atoms with E-state index in [4.69, 9.17) is 9.47 Å². The Kier molecular flexibility index (Phi) is 5.64. The molecule has 1 unspecified atom stereocenters. The van der Waals surface area contributed by atoms with Crippen molar-refractivity contribution in [2.24, 2.45) is 0 Å². The van der Waals surface area contributed by atoms with Gasteiger partial charge in [-0.3, -0.25) is 9.59 Å². The van der Waals surface area contributed by atoms with Crippen LogP contribution in [0.25, 0.3) is 0 Å². The zero-order valence-corrected chi connectivity index (χ0v) is 14.4. The first-order valence-corrected chi connectivity index (χ1v) is 7.71. The Morgan fingerprint density at radius 2 is 1.76 bits per heavy atom. The standard InChI is InChI=1S/C19H21NO5/c1-19(18(22)23,13-7-5-4-6-8-13)12-20-17(21)15-10-9-14(24-2)11-16(15)25-3/h4-11H,12H2,1-3H3,(H,20,21)(H,22,23). The Bertz CT molecular complexity index is 760. The van der Waals surface area contributed by atoms with Crippen LogP contribution in [0.2, 0.25) is 0 Å². The highest BCUT2D eigenvalue weighted by atomic mass is 16.5. The normalized spacial score (nSPS) is 12.8. The minimum atomic E-state index is -1.24. The molecule has 0 saturated heterocycles. The van der Waals surface area contributed by atoms with Gasteiger partial charge in [0.25, 0.3) is 5.91 Å². The summed E-state index contributed by atoms with van der Waals surface area (Å²) in [5.41, 5.74) is -0.315. The fourth-order valence-corrected chi connectivity index (χ4v) is 2.45. The van der Waals surface area contributed by atoms with Crippen LogP contribution in [0, 0.1) is 0 Å². The molecular formula is C19H21NO5. The summed E-state index contributed by atoms with van der Waals surface area (Å²) in [6.07, 6.45) is 0. The van der Waals surface area contributed by atoms with E-state index in [1.165, 1.54) is 14.2 Å². The lowest BCUT2D eigenvalue weighted by Gasteiger charge is -2.26. The summed E-state index contributed by atoms with van der Waals surface area (Å²) in [5.74, 6) is -0.509. The number of ether oxygens (including phenoxy) is 2. The molecule has 0 aromatic heterocycles. The third-order valence-electron chi connectivity index (χ3n) is 4.14. The number of hydrogen-bond acceptors (Lipinski definition) is 4. The molecule has 2 rings (SSSR count). The van der Waals surface area contributed by atoms with E-state index < -0.39 is 17.3 Å². The van der Waals surface area contributed by atoms with Gasteiger partial charge in [0.15, 0.2) is 0 Å². The van der Waals surface area contributed by atoms with E-state index in [0.717, 1.165) is 0 Å². The fraction of sp³-hybridized carbons (Fsp3) is 0.263. The number of carbonyl (C=O) groups excluding carboxylic acids is 1. The number of hydrogen-bond donors (Lipinski definition) is 2. The van der Waals surface area contributed by atoms with Gasteiger partial charge in [0.1, 0.15) is 16.9 Å². The highest BCUT2D eigenvalue weighted by molar-refractivity contribution is 5.97. The van der Waals surface area contributed by atoms with Crippen LogP contribution in [0.4, 0.5) is 0 Å². The van der Waals surface area contributed by atoms with Crippen LogP contribution in [-0.2, 0) is 10.2 Å². The van der Waals surface area contributed by atoms with Crippen molar-refractivity contribution in [3.05, 3.63) is 59.7 Å². The molecule has 0 aliphatic heterocycles. The zero-order valence-electron chi connectivity index (χ0n) is 14.4. The van der Waals surface area contributed by atoms with Crippen LogP contribution in [0.1, 0.15) is 22.8 Å². The molecule has 2 N–H and O–H groups in total. The van der Waals surface area contributed by atoms with E-state index >= 15 is 0 Å². The number of amides is 1. The van der Waals surface area contributed by atoms with Gasteiger partial charge in [-0.2, -0.15) is 0 Å². The maximum absolute atomic E-state index is 12.5. The van der Waals surface area contributed by atoms with Crippen LogP contribution >= 0.6 is 0 Å². The van der Waals surface area contributed by atoms with E-state index in [0.29, 0.717) is 22.6 Å². The van der Waals surface area contributed by atoms with Crippen molar-refractivity contribution in [2.45, 2.75) is 12.3 Å². The monoisotopic (exact) mass is 343 g/mol. The van der Waals surface area contributed by atoms with Crippen molar-refractivity contribution < 1.29 is 24.2 Å². The molecule has 1 atom stereocenters. The van der Waals surface area contributed by atoms with Crippen molar-refractivity contribution in [3.8, 4) is 11.5 Å². The lowest BCUT2D eigenvalue weighted by Crippen LogP contribution is -2.44. The van der Waals surface area contributed by atoms with Gasteiger partial charge >= 0.3 is 5.97 Å². The third kappa shape index (κ3) is 3.91. The molecule has 0 aliphatic rings. The van der Waals surface area contributed by atoms with E-state index in [2.05, 4.69) is 5.32 Å². The largest absolute Gasteiger partial charge is 0.497 e. The van der Waals surface area contributed by atoms with Gasteiger partial charge in [-0.15, -0.1) is 0 Å². The molecule has 6 nitrogen and oxygen atoms in total.